The van der Waals surface area contributed by atoms with Gasteiger partial charge in [-0.2, -0.15) is 0 Å². The smallest absolute Gasteiger partial charge is 0.224 e. The van der Waals surface area contributed by atoms with Crippen LogP contribution in [0.4, 0.5) is 0 Å². The van der Waals surface area contributed by atoms with Gasteiger partial charge < -0.3 is 5.32 Å². The van der Waals surface area contributed by atoms with Crippen LogP contribution in [-0.4, -0.2) is 17.4 Å². The van der Waals surface area contributed by atoms with Gasteiger partial charge in [0.05, 0.1) is 10.2 Å². The van der Waals surface area contributed by atoms with Crippen LogP contribution in [0.5, 0.6) is 0 Å². The average molecular weight is 365 g/mol. The topological polar surface area (TPSA) is 42.0 Å². The van der Waals surface area contributed by atoms with E-state index in [2.05, 4.69) is 38.4 Å². The quantitative estimate of drug-likeness (QED) is 0.878. The van der Waals surface area contributed by atoms with E-state index in [0.29, 0.717) is 6.42 Å². The Balaban J connectivity index is 1.59. The Kier molecular flexibility index (Phi) is 4.40. The highest BCUT2D eigenvalue weighted by Crippen LogP contribution is 2.46. The van der Waals surface area contributed by atoms with E-state index in [-0.39, 0.29) is 11.3 Å². The van der Waals surface area contributed by atoms with E-state index in [1.54, 1.807) is 23.7 Å². The first-order chi connectivity index (χ1) is 10.2. The molecule has 21 heavy (non-hydrogen) atoms. The second-order valence-electron chi connectivity index (χ2n) is 5.55. The number of pyridine rings is 1. The van der Waals surface area contributed by atoms with Crippen LogP contribution in [0.3, 0.4) is 0 Å². The summed E-state index contributed by atoms with van der Waals surface area (Å²) in [6.07, 6.45) is 7.43. The normalized spacial score (nSPS) is 16.2. The van der Waals surface area contributed by atoms with Crippen LogP contribution in [0.25, 0.3) is 0 Å². The second kappa shape index (κ2) is 6.28. The van der Waals surface area contributed by atoms with Gasteiger partial charge in [0.2, 0.25) is 5.91 Å². The fourth-order valence-corrected chi connectivity index (χ4v) is 4.36. The fourth-order valence-electron chi connectivity index (χ4n) is 2.73. The van der Waals surface area contributed by atoms with Crippen LogP contribution in [0.1, 0.15) is 29.7 Å². The summed E-state index contributed by atoms with van der Waals surface area (Å²) in [4.78, 5) is 17.5. The van der Waals surface area contributed by atoms with Crippen molar-refractivity contribution in [2.24, 2.45) is 0 Å². The summed E-state index contributed by atoms with van der Waals surface area (Å²) >= 11 is 5.31. The van der Waals surface area contributed by atoms with Crippen molar-refractivity contribution in [3.8, 4) is 0 Å². The summed E-state index contributed by atoms with van der Waals surface area (Å²) in [6, 6.07) is 8.07. The first-order valence-electron chi connectivity index (χ1n) is 7.09. The monoisotopic (exact) mass is 364 g/mol. The molecule has 3 rings (SSSR count). The number of aromatic nitrogens is 1. The molecule has 0 radical (unpaired) electrons. The predicted octanol–water partition coefficient (Wildman–Crippen LogP) is 3.69. The van der Waals surface area contributed by atoms with Crippen molar-refractivity contribution in [2.45, 2.75) is 31.1 Å². The van der Waals surface area contributed by atoms with Gasteiger partial charge in [-0.05, 0) is 52.5 Å². The fraction of sp³-hybridized carbons (Fsp3) is 0.375. The number of nitrogens with zero attached hydrogens (tertiary/aromatic N) is 1. The van der Waals surface area contributed by atoms with Gasteiger partial charge in [-0.15, -0.1) is 11.3 Å². The van der Waals surface area contributed by atoms with Gasteiger partial charge in [-0.25, -0.2) is 0 Å². The van der Waals surface area contributed by atoms with Crippen molar-refractivity contribution in [1.82, 2.24) is 10.3 Å². The molecule has 3 nitrogen and oxygen atoms in total. The van der Waals surface area contributed by atoms with Crippen LogP contribution in [0.2, 0.25) is 0 Å². The Morgan fingerprint density at radius 2 is 2.24 bits per heavy atom. The number of amides is 1. The van der Waals surface area contributed by atoms with E-state index >= 15 is 0 Å². The molecule has 0 bridgehead atoms. The summed E-state index contributed by atoms with van der Waals surface area (Å²) in [6.45, 7) is 0.735. The third-order valence-corrected chi connectivity index (χ3v) is 5.99. The first-order valence-corrected chi connectivity index (χ1v) is 8.70. The second-order valence-corrected chi connectivity index (χ2v) is 8.02. The number of halogens is 1. The molecule has 0 unspecified atom stereocenters. The molecule has 0 atom stereocenters. The minimum Gasteiger partial charge on any atom is -0.355 e. The molecule has 2 aromatic rings. The van der Waals surface area contributed by atoms with Crippen molar-refractivity contribution in [3.63, 3.8) is 0 Å². The third-order valence-electron chi connectivity index (χ3n) is 4.12. The number of hydrogen-bond donors (Lipinski definition) is 1. The maximum atomic E-state index is 12.1. The molecular formula is C16H17BrN2OS. The van der Waals surface area contributed by atoms with Crippen molar-refractivity contribution in [2.75, 3.05) is 6.54 Å². The molecule has 1 aliphatic rings. The van der Waals surface area contributed by atoms with E-state index in [1.165, 1.54) is 11.3 Å². The lowest BCUT2D eigenvalue weighted by molar-refractivity contribution is -0.120. The van der Waals surface area contributed by atoms with Crippen molar-refractivity contribution in [3.05, 3.63) is 50.9 Å². The molecular weight excluding hydrogens is 348 g/mol. The van der Waals surface area contributed by atoms with Crippen LogP contribution in [0.15, 0.2) is 40.4 Å². The minimum atomic E-state index is 0.0740. The SMILES string of the molecule is O=C(Cc1cccnc1)NCC1(c2ccc(Br)s2)CCC1. The molecule has 5 heteroatoms. The van der Waals surface area contributed by atoms with Crippen molar-refractivity contribution >= 4 is 33.2 Å². The molecule has 1 saturated carbocycles. The zero-order valence-electron chi connectivity index (χ0n) is 11.6. The summed E-state index contributed by atoms with van der Waals surface area (Å²) in [7, 11) is 0. The molecule has 0 spiro atoms. The number of carbonyl (C=O) groups is 1. The summed E-state index contributed by atoms with van der Waals surface area (Å²) < 4.78 is 1.16. The largest absolute Gasteiger partial charge is 0.355 e. The van der Waals surface area contributed by atoms with Crippen LogP contribution >= 0.6 is 27.3 Å². The van der Waals surface area contributed by atoms with Crippen LogP contribution in [-0.2, 0) is 16.6 Å². The Labute approximate surface area is 136 Å². The maximum Gasteiger partial charge on any atom is 0.224 e. The first kappa shape index (κ1) is 14.7. The number of thiophene rings is 1. The van der Waals surface area contributed by atoms with Gasteiger partial charge >= 0.3 is 0 Å². The van der Waals surface area contributed by atoms with E-state index < -0.39 is 0 Å². The Morgan fingerprint density at radius 3 is 2.81 bits per heavy atom. The highest BCUT2D eigenvalue weighted by atomic mass is 79.9. The Hall–Kier alpha value is -1.20. The lowest BCUT2D eigenvalue weighted by atomic mass is 9.67. The molecule has 1 fully saturated rings. The highest BCUT2D eigenvalue weighted by molar-refractivity contribution is 9.11. The summed E-state index contributed by atoms with van der Waals surface area (Å²) in [5.74, 6) is 0.0740. The molecule has 1 amide bonds. The molecule has 2 heterocycles. The molecule has 1 aliphatic carbocycles. The van der Waals surface area contributed by atoms with E-state index in [1.807, 2.05) is 12.1 Å². The van der Waals surface area contributed by atoms with Gasteiger partial charge in [0, 0.05) is 29.2 Å². The molecule has 0 saturated heterocycles. The number of rotatable bonds is 5. The molecule has 2 aromatic heterocycles. The summed E-state index contributed by atoms with van der Waals surface area (Å²) in [5.41, 5.74) is 1.11. The maximum absolute atomic E-state index is 12.1. The minimum absolute atomic E-state index is 0.0740. The Morgan fingerprint density at radius 1 is 1.38 bits per heavy atom. The van der Waals surface area contributed by atoms with Crippen molar-refractivity contribution in [1.29, 1.82) is 0 Å². The molecule has 110 valence electrons. The Bertz CT molecular complexity index is 622. The van der Waals surface area contributed by atoms with Crippen LogP contribution < -0.4 is 5.32 Å². The lowest BCUT2D eigenvalue weighted by Crippen LogP contribution is -2.45. The van der Waals surface area contributed by atoms with E-state index in [0.717, 1.165) is 28.7 Å². The van der Waals surface area contributed by atoms with Gasteiger partial charge in [0.25, 0.3) is 0 Å². The lowest BCUT2D eigenvalue weighted by Gasteiger charge is -2.41. The zero-order valence-corrected chi connectivity index (χ0v) is 14.0. The standard InChI is InChI=1S/C16H17BrN2OS/c17-14-5-4-13(21-14)16(6-2-7-16)11-19-15(20)9-12-3-1-8-18-10-12/h1,3-5,8,10H,2,6-7,9,11H2,(H,19,20). The van der Waals surface area contributed by atoms with E-state index in [9.17, 15) is 4.79 Å². The number of carbonyl (C=O) groups excluding carboxylic acids is 1. The van der Waals surface area contributed by atoms with Gasteiger partial charge in [-0.3, -0.25) is 9.78 Å². The summed E-state index contributed by atoms with van der Waals surface area (Å²) in [5, 5.41) is 3.11. The number of nitrogens with one attached hydrogen (secondary N) is 1. The predicted molar refractivity (Wildman–Crippen MR) is 88.5 cm³/mol. The van der Waals surface area contributed by atoms with Gasteiger partial charge in [0.15, 0.2) is 0 Å². The zero-order chi connectivity index (χ0) is 14.7. The number of hydrogen-bond acceptors (Lipinski definition) is 3. The molecule has 0 aromatic carbocycles. The van der Waals surface area contributed by atoms with Gasteiger partial charge in [-0.1, -0.05) is 12.5 Å². The molecule has 1 N–H and O–H groups in total. The van der Waals surface area contributed by atoms with E-state index in [4.69, 9.17) is 0 Å². The average Bonchev–Trinajstić information content (AvgIpc) is 2.86. The van der Waals surface area contributed by atoms with Crippen LogP contribution in [0, 0.1) is 0 Å². The van der Waals surface area contributed by atoms with Gasteiger partial charge in [0.1, 0.15) is 0 Å². The third kappa shape index (κ3) is 3.35. The highest BCUT2D eigenvalue weighted by Gasteiger charge is 2.40. The molecule has 0 aliphatic heterocycles. The van der Waals surface area contributed by atoms with Crippen molar-refractivity contribution < 1.29 is 4.79 Å².